The Bertz CT molecular complexity index is 974. The van der Waals surface area contributed by atoms with Gasteiger partial charge in [-0.2, -0.15) is 0 Å². The molecule has 0 aliphatic rings. The predicted molar refractivity (Wildman–Crippen MR) is 111 cm³/mol. The third-order valence-electron chi connectivity index (χ3n) is 3.95. The second-order valence-corrected chi connectivity index (χ2v) is 7.08. The fourth-order valence-corrected chi connectivity index (χ4v) is 3.30. The first kappa shape index (κ1) is 20.2. The summed E-state index contributed by atoms with van der Waals surface area (Å²) in [7, 11) is 0. The number of hydrogen-bond acceptors (Lipinski definition) is 5. The van der Waals surface area contributed by atoms with Gasteiger partial charge in [-0.15, -0.1) is 11.3 Å². The van der Waals surface area contributed by atoms with E-state index < -0.39 is 5.91 Å². The van der Waals surface area contributed by atoms with Crippen LogP contribution in [-0.4, -0.2) is 29.3 Å². The minimum absolute atomic E-state index is 0.0499. The monoisotopic (exact) mass is 408 g/mol. The summed E-state index contributed by atoms with van der Waals surface area (Å²) in [6, 6.07) is 18.4. The van der Waals surface area contributed by atoms with Crippen molar-refractivity contribution in [2.45, 2.75) is 12.8 Å². The molecule has 0 aliphatic carbocycles. The Hall–Kier alpha value is -3.52. The number of hydrogen-bond donors (Lipinski definition) is 3. The Morgan fingerprint density at radius 1 is 0.862 bits per heavy atom. The van der Waals surface area contributed by atoms with Gasteiger partial charge in [0.2, 0.25) is 11.8 Å². The van der Waals surface area contributed by atoms with Gasteiger partial charge in [-0.05, 0) is 12.1 Å². The molecule has 0 unspecified atom stereocenters. The summed E-state index contributed by atoms with van der Waals surface area (Å²) in [6.45, 7) is 0.169. The topological polar surface area (TPSA) is 100 Å². The highest BCUT2D eigenvalue weighted by molar-refractivity contribution is 7.10. The molecule has 0 bridgehead atoms. The summed E-state index contributed by atoms with van der Waals surface area (Å²) in [6.07, 6.45) is 0.122. The summed E-state index contributed by atoms with van der Waals surface area (Å²) in [5.74, 6) is -1.00. The van der Waals surface area contributed by atoms with Crippen LogP contribution in [0.3, 0.4) is 0 Å². The zero-order chi connectivity index (χ0) is 20.5. The lowest BCUT2D eigenvalue weighted by Gasteiger charge is -2.07. The molecular weight excluding hydrogens is 388 g/mol. The van der Waals surface area contributed by atoms with E-state index in [4.69, 9.17) is 0 Å². The number of hydrazine groups is 1. The zero-order valence-electron chi connectivity index (χ0n) is 15.6. The van der Waals surface area contributed by atoms with Gasteiger partial charge < -0.3 is 5.32 Å². The minimum Gasteiger partial charge on any atom is -0.352 e. The van der Waals surface area contributed by atoms with Crippen LogP contribution in [-0.2, 0) is 16.0 Å². The normalized spacial score (nSPS) is 10.2. The van der Waals surface area contributed by atoms with Crippen LogP contribution in [0.2, 0.25) is 0 Å². The number of aromatic nitrogens is 1. The lowest BCUT2D eigenvalue weighted by atomic mass is 10.2. The van der Waals surface area contributed by atoms with Gasteiger partial charge in [-0.1, -0.05) is 48.5 Å². The van der Waals surface area contributed by atoms with Gasteiger partial charge in [0.1, 0.15) is 5.01 Å². The molecule has 0 aliphatic heterocycles. The number of carbonyl (C=O) groups excluding carboxylic acids is 3. The maximum Gasteiger partial charge on any atom is 0.251 e. The molecule has 29 heavy (non-hydrogen) atoms. The molecule has 0 fully saturated rings. The lowest BCUT2D eigenvalue weighted by molar-refractivity contribution is -0.128. The van der Waals surface area contributed by atoms with Crippen molar-refractivity contribution in [3.8, 4) is 11.3 Å². The average molecular weight is 408 g/mol. The van der Waals surface area contributed by atoms with Crippen molar-refractivity contribution in [1.82, 2.24) is 21.2 Å². The molecule has 0 spiro atoms. The summed E-state index contributed by atoms with van der Waals surface area (Å²) in [5, 5.41) is 5.21. The van der Waals surface area contributed by atoms with E-state index in [1.807, 2.05) is 41.8 Å². The van der Waals surface area contributed by atoms with Crippen LogP contribution in [0.5, 0.6) is 0 Å². The molecule has 0 saturated heterocycles. The lowest BCUT2D eigenvalue weighted by Crippen LogP contribution is -2.43. The van der Waals surface area contributed by atoms with Crippen molar-refractivity contribution in [3.05, 3.63) is 76.6 Å². The standard InChI is InChI=1S/C21H20N4O3S/c26-18(11-12-22-21(28)16-9-5-2-6-10-16)24-25-19(27)13-20-23-17(14-29-20)15-7-3-1-4-8-15/h1-10,14H,11-13H2,(H,22,28)(H,24,26)(H,25,27). The van der Waals surface area contributed by atoms with E-state index in [0.29, 0.717) is 10.6 Å². The van der Waals surface area contributed by atoms with Crippen molar-refractivity contribution < 1.29 is 14.4 Å². The molecule has 3 amide bonds. The van der Waals surface area contributed by atoms with Crippen molar-refractivity contribution >= 4 is 29.1 Å². The molecule has 0 atom stereocenters. The molecule has 0 radical (unpaired) electrons. The van der Waals surface area contributed by atoms with Crippen molar-refractivity contribution in [2.24, 2.45) is 0 Å². The minimum atomic E-state index is -0.393. The predicted octanol–water partition coefficient (Wildman–Crippen LogP) is 2.32. The first-order valence-corrected chi connectivity index (χ1v) is 9.90. The molecule has 1 aromatic heterocycles. The number of amides is 3. The van der Waals surface area contributed by atoms with Gasteiger partial charge in [-0.25, -0.2) is 4.98 Å². The molecule has 7 nitrogen and oxygen atoms in total. The summed E-state index contributed by atoms with van der Waals surface area (Å²) < 4.78 is 0. The van der Waals surface area contributed by atoms with E-state index in [2.05, 4.69) is 21.2 Å². The molecule has 8 heteroatoms. The average Bonchev–Trinajstić information content (AvgIpc) is 3.22. The summed E-state index contributed by atoms with van der Waals surface area (Å²) >= 11 is 1.39. The van der Waals surface area contributed by atoms with E-state index in [-0.39, 0.29) is 31.2 Å². The molecule has 3 rings (SSSR count). The Morgan fingerprint density at radius 3 is 2.24 bits per heavy atom. The van der Waals surface area contributed by atoms with Gasteiger partial charge in [0.25, 0.3) is 5.91 Å². The SMILES string of the molecule is O=C(CCNC(=O)c1ccccc1)NNC(=O)Cc1nc(-c2ccccc2)cs1. The van der Waals surface area contributed by atoms with Crippen molar-refractivity contribution in [2.75, 3.05) is 6.54 Å². The molecular formula is C21H20N4O3S. The van der Waals surface area contributed by atoms with Crippen LogP contribution >= 0.6 is 11.3 Å². The van der Waals surface area contributed by atoms with Crippen molar-refractivity contribution in [1.29, 1.82) is 0 Å². The third kappa shape index (κ3) is 6.25. The van der Waals surface area contributed by atoms with Crippen LogP contribution in [0.15, 0.2) is 66.0 Å². The van der Waals surface area contributed by atoms with Gasteiger partial charge in [-0.3, -0.25) is 25.2 Å². The van der Waals surface area contributed by atoms with Crippen LogP contribution < -0.4 is 16.2 Å². The first-order valence-electron chi connectivity index (χ1n) is 9.02. The molecule has 0 saturated carbocycles. The zero-order valence-corrected chi connectivity index (χ0v) is 16.4. The van der Waals surface area contributed by atoms with Crippen molar-refractivity contribution in [3.63, 3.8) is 0 Å². The van der Waals surface area contributed by atoms with Gasteiger partial charge in [0.15, 0.2) is 0 Å². The van der Waals surface area contributed by atoms with Gasteiger partial charge in [0, 0.05) is 29.5 Å². The maximum absolute atomic E-state index is 12.0. The fraction of sp³-hybridized carbons (Fsp3) is 0.143. The van der Waals surface area contributed by atoms with Gasteiger partial charge in [0.05, 0.1) is 12.1 Å². The quantitative estimate of drug-likeness (QED) is 0.522. The van der Waals surface area contributed by atoms with E-state index >= 15 is 0 Å². The number of nitrogens with one attached hydrogen (secondary N) is 3. The maximum atomic E-state index is 12.0. The second kappa shape index (κ2) is 10.1. The van der Waals surface area contributed by atoms with E-state index in [1.165, 1.54) is 11.3 Å². The fourth-order valence-electron chi connectivity index (χ4n) is 2.50. The second-order valence-electron chi connectivity index (χ2n) is 6.14. The van der Waals surface area contributed by atoms with Crippen LogP contribution in [0.25, 0.3) is 11.3 Å². The third-order valence-corrected chi connectivity index (χ3v) is 4.80. The van der Waals surface area contributed by atoms with Crippen LogP contribution in [0.1, 0.15) is 21.8 Å². The van der Waals surface area contributed by atoms with E-state index in [1.54, 1.807) is 24.3 Å². The van der Waals surface area contributed by atoms with Crippen LogP contribution in [0, 0.1) is 0 Å². The number of rotatable bonds is 7. The summed E-state index contributed by atoms with van der Waals surface area (Å²) in [4.78, 5) is 40.1. The van der Waals surface area contributed by atoms with E-state index in [0.717, 1.165) is 11.3 Å². The molecule has 2 aromatic carbocycles. The first-order chi connectivity index (χ1) is 14.1. The number of benzene rings is 2. The molecule has 148 valence electrons. The largest absolute Gasteiger partial charge is 0.352 e. The highest BCUT2D eigenvalue weighted by Crippen LogP contribution is 2.21. The van der Waals surface area contributed by atoms with E-state index in [9.17, 15) is 14.4 Å². The number of thiazole rings is 1. The Labute approximate surface area is 172 Å². The smallest absolute Gasteiger partial charge is 0.251 e. The molecule has 1 heterocycles. The molecule has 3 aromatic rings. The van der Waals surface area contributed by atoms with Gasteiger partial charge >= 0.3 is 0 Å². The summed E-state index contributed by atoms with van der Waals surface area (Å²) in [5.41, 5.74) is 7.04. The van der Waals surface area contributed by atoms with Crippen LogP contribution in [0.4, 0.5) is 0 Å². The number of nitrogens with zero attached hydrogens (tertiary/aromatic N) is 1. The highest BCUT2D eigenvalue weighted by atomic mass is 32.1. The highest BCUT2D eigenvalue weighted by Gasteiger charge is 2.11. The Kier molecular flexibility index (Phi) is 7.07. The number of carbonyl (C=O) groups is 3. The Morgan fingerprint density at radius 2 is 1.52 bits per heavy atom. The Balaban J connectivity index is 1.36. The molecule has 3 N–H and O–H groups in total.